The normalized spacial score (nSPS) is 20.0. The molecule has 0 bridgehead atoms. The largest absolute Gasteiger partial charge is 0.335 e. The fourth-order valence-electron chi connectivity index (χ4n) is 3.84. The maximum atomic E-state index is 12.3. The summed E-state index contributed by atoms with van der Waals surface area (Å²) in [5.41, 5.74) is 1.14. The molecule has 26 heavy (non-hydrogen) atoms. The summed E-state index contributed by atoms with van der Waals surface area (Å²) in [4.78, 5) is 12.3. The first-order valence-corrected chi connectivity index (χ1v) is 9.30. The lowest BCUT2D eigenvalue weighted by Gasteiger charge is -2.29. The van der Waals surface area contributed by atoms with Crippen LogP contribution >= 0.6 is 0 Å². The Morgan fingerprint density at radius 2 is 1.85 bits per heavy atom. The summed E-state index contributed by atoms with van der Waals surface area (Å²) < 4.78 is 2.04. The molecule has 2 N–H and O–H groups in total. The number of amides is 2. The Bertz CT molecular complexity index is 861. The number of carbonyl (C=O) groups excluding carboxylic acids is 1. The molecular formula is C21H24N4O. The minimum Gasteiger partial charge on any atom is -0.335 e. The van der Waals surface area contributed by atoms with Crippen molar-refractivity contribution in [3.05, 3.63) is 66.5 Å². The van der Waals surface area contributed by atoms with Crippen molar-refractivity contribution in [2.24, 2.45) is 0 Å². The molecule has 1 aliphatic rings. The van der Waals surface area contributed by atoms with Gasteiger partial charge in [-0.2, -0.15) is 5.10 Å². The van der Waals surface area contributed by atoms with Crippen LogP contribution in [0.15, 0.2) is 60.9 Å². The van der Waals surface area contributed by atoms with E-state index < -0.39 is 0 Å². The zero-order valence-electron chi connectivity index (χ0n) is 14.8. The second-order valence-corrected chi connectivity index (χ2v) is 6.96. The fourth-order valence-corrected chi connectivity index (χ4v) is 3.84. The van der Waals surface area contributed by atoms with E-state index in [-0.39, 0.29) is 12.1 Å². The van der Waals surface area contributed by atoms with Gasteiger partial charge < -0.3 is 10.6 Å². The molecule has 1 aliphatic carbocycles. The molecule has 2 aromatic carbocycles. The number of carbonyl (C=O) groups is 1. The summed E-state index contributed by atoms with van der Waals surface area (Å²) in [6.07, 6.45) is 7.94. The van der Waals surface area contributed by atoms with E-state index in [1.165, 1.54) is 10.8 Å². The summed E-state index contributed by atoms with van der Waals surface area (Å²) in [7, 11) is 0. The molecule has 1 heterocycles. The lowest BCUT2D eigenvalue weighted by atomic mass is 9.91. The maximum absolute atomic E-state index is 12.3. The molecular weight excluding hydrogens is 324 g/mol. The molecule has 0 unspecified atom stereocenters. The van der Waals surface area contributed by atoms with Crippen molar-refractivity contribution in [3.63, 3.8) is 0 Å². The zero-order valence-corrected chi connectivity index (χ0v) is 14.8. The highest BCUT2D eigenvalue weighted by Crippen LogP contribution is 2.27. The van der Waals surface area contributed by atoms with E-state index in [1.54, 1.807) is 0 Å². The number of hydrogen-bond acceptors (Lipinski definition) is 2. The molecule has 4 rings (SSSR count). The smallest absolute Gasteiger partial charge is 0.315 e. The third-order valence-electron chi connectivity index (χ3n) is 5.25. The summed E-state index contributed by atoms with van der Waals surface area (Å²) in [6, 6.07) is 17.0. The van der Waals surface area contributed by atoms with Crippen molar-refractivity contribution in [3.8, 4) is 0 Å². The summed E-state index contributed by atoms with van der Waals surface area (Å²) >= 11 is 0. The number of benzene rings is 2. The number of aromatic nitrogens is 2. The summed E-state index contributed by atoms with van der Waals surface area (Å²) in [5.74, 6) is 0. The van der Waals surface area contributed by atoms with Gasteiger partial charge in [-0.25, -0.2) is 4.79 Å². The van der Waals surface area contributed by atoms with Gasteiger partial charge in [-0.15, -0.1) is 0 Å². The number of fused-ring (bicyclic) bond motifs is 1. The van der Waals surface area contributed by atoms with Crippen LogP contribution in [-0.2, 0) is 6.54 Å². The minimum absolute atomic E-state index is 0.0829. The molecule has 1 aromatic heterocycles. The number of nitrogens with zero attached hydrogens (tertiary/aromatic N) is 2. The highest BCUT2D eigenvalue weighted by Gasteiger charge is 2.23. The molecule has 5 heteroatoms. The van der Waals surface area contributed by atoms with Crippen molar-refractivity contribution >= 4 is 16.8 Å². The number of nitrogens with one attached hydrogen (secondary N) is 2. The van der Waals surface area contributed by atoms with Gasteiger partial charge in [0.15, 0.2) is 0 Å². The van der Waals surface area contributed by atoms with E-state index in [1.807, 2.05) is 41.3 Å². The number of hydrogen-bond donors (Lipinski definition) is 2. The van der Waals surface area contributed by atoms with Crippen molar-refractivity contribution in [2.75, 3.05) is 0 Å². The third-order valence-corrected chi connectivity index (χ3v) is 5.25. The Hall–Kier alpha value is -2.82. The van der Waals surface area contributed by atoms with Gasteiger partial charge in [0.05, 0.1) is 6.04 Å². The molecule has 1 saturated carbocycles. The SMILES string of the molecule is O=C(NCc1cccc2ccccc12)NC1CCC(n2cccn2)CC1. The van der Waals surface area contributed by atoms with Gasteiger partial charge in [0, 0.05) is 25.0 Å². The van der Waals surface area contributed by atoms with Gasteiger partial charge >= 0.3 is 6.03 Å². The molecule has 0 saturated heterocycles. The molecule has 2 amide bonds. The number of urea groups is 1. The highest BCUT2D eigenvalue weighted by atomic mass is 16.2. The van der Waals surface area contributed by atoms with Crippen LogP contribution in [0.3, 0.4) is 0 Å². The molecule has 0 radical (unpaired) electrons. The minimum atomic E-state index is -0.0829. The van der Waals surface area contributed by atoms with E-state index in [9.17, 15) is 4.79 Å². The van der Waals surface area contributed by atoms with Crippen molar-refractivity contribution in [1.82, 2.24) is 20.4 Å². The molecule has 0 atom stereocenters. The molecule has 0 aliphatic heterocycles. The van der Waals surface area contributed by atoms with Crippen LogP contribution in [0.1, 0.15) is 37.3 Å². The van der Waals surface area contributed by atoms with E-state index in [4.69, 9.17) is 0 Å². The lowest BCUT2D eigenvalue weighted by molar-refractivity contribution is 0.225. The van der Waals surface area contributed by atoms with Gasteiger partial charge in [-0.05, 0) is 48.1 Å². The van der Waals surface area contributed by atoms with Gasteiger partial charge in [0.2, 0.25) is 0 Å². The lowest BCUT2D eigenvalue weighted by Crippen LogP contribution is -2.43. The maximum Gasteiger partial charge on any atom is 0.315 e. The second-order valence-electron chi connectivity index (χ2n) is 6.96. The first-order chi connectivity index (χ1) is 12.8. The topological polar surface area (TPSA) is 59.0 Å². The van der Waals surface area contributed by atoms with Crippen LogP contribution in [0, 0.1) is 0 Å². The second kappa shape index (κ2) is 7.60. The Morgan fingerprint density at radius 1 is 1.04 bits per heavy atom. The summed E-state index contributed by atoms with van der Waals surface area (Å²) in [5, 5.41) is 12.9. The average molecular weight is 348 g/mol. The van der Waals surface area contributed by atoms with Crippen LogP contribution < -0.4 is 10.6 Å². The third kappa shape index (κ3) is 3.72. The van der Waals surface area contributed by atoms with Gasteiger partial charge in [-0.1, -0.05) is 42.5 Å². The van der Waals surface area contributed by atoms with Crippen LogP contribution in [0.25, 0.3) is 10.8 Å². The van der Waals surface area contributed by atoms with Gasteiger partial charge in [0.1, 0.15) is 0 Å². The molecule has 1 fully saturated rings. The van der Waals surface area contributed by atoms with E-state index in [0.29, 0.717) is 12.6 Å². The van der Waals surface area contributed by atoms with Crippen molar-refractivity contribution in [1.29, 1.82) is 0 Å². The van der Waals surface area contributed by atoms with Crippen LogP contribution in [0.2, 0.25) is 0 Å². The first-order valence-electron chi connectivity index (χ1n) is 9.30. The predicted octanol–water partition coefficient (Wildman–Crippen LogP) is 4.02. The Labute approximate surface area is 153 Å². The first kappa shape index (κ1) is 16.6. The fraction of sp³-hybridized carbons (Fsp3) is 0.333. The number of rotatable bonds is 4. The van der Waals surface area contributed by atoms with Crippen molar-refractivity contribution in [2.45, 2.75) is 44.3 Å². The van der Waals surface area contributed by atoms with Crippen molar-refractivity contribution < 1.29 is 4.79 Å². The predicted molar refractivity (Wildman–Crippen MR) is 103 cm³/mol. The molecule has 134 valence electrons. The van der Waals surface area contributed by atoms with Crippen LogP contribution in [-0.4, -0.2) is 21.9 Å². The average Bonchev–Trinajstić information content (AvgIpc) is 3.22. The van der Waals surface area contributed by atoms with E-state index in [0.717, 1.165) is 31.2 Å². The van der Waals surface area contributed by atoms with E-state index in [2.05, 4.69) is 40.0 Å². The Kier molecular flexibility index (Phi) is 4.86. The van der Waals surface area contributed by atoms with Crippen LogP contribution in [0.5, 0.6) is 0 Å². The highest BCUT2D eigenvalue weighted by molar-refractivity contribution is 5.86. The Balaban J connectivity index is 1.28. The molecule has 0 spiro atoms. The Morgan fingerprint density at radius 3 is 2.65 bits per heavy atom. The van der Waals surface area contributed by atoms with Gasteiger partial charge in [0.25, 0.3) is 0 Å². The van der Waals surface area contributed by atoms with Crippen LogP contribution in [0.4, 0.5) is 4.79 Å². The summed E-state index contributed by atoms with van der Waals surface area (Å²) in [6.45, 7) is 0.538. The zero-order chi connectivity index (χ0) is 17.8. The van der Waals surface area contributed by atoms with Gasteiger partial charge in [-0.3, -0.25) is 4.68 Å². The standard InChI is InChI=1S/C21H24N4O/c26-21(22-15-17-7-3-6-16-5-1-2-8-20(16)17)24-18-9-11-19(12-10-18)25-14-4-13-23-25/h1-8,13-14,18-19H,9-12,15H2,(H2,22,24,26). The monoisotopic (exact) mass is 348 g/mol. The molecule has 5 nitrogen and oxygen atoms in total. The van der Waals surface area contributed by atoms with E-state index >= 15 is 0 Å². The quantitative estimate of drug-likeness (QED) is 0.748. The molecule has 3 aromatic rings.